The Morgan fingerprint density at radius 1 is 0.290 bits per heavy atom. The van der Waals surface area contributed by atoms with Crippen molar-refractivity contribution in [2.24, 2.45) is 17.8 Å². The molecular weight excluding hydrogens is 1310 g/mol. The molecule has 0 aliphatic heterocycles. The molecule has 0 aliphatic carbocycles. The van der Waals surface area contributed by atoms with Gasteiger partial charge in [-0.2, -0.15) is 0 Å². The lowest BCUT2D eigenvalue weighted by molar-refractivity contribution is -0.161. The largest absolute Gasteiger partial charge is 0.472 e. The molecule has 0 saturated heterocycles. The molecule has 594 valence electrons. The van der Waals surface area contributed by atoms with Crippen LogP contribution in [-0.2, 0) is 65.4 Å². The van der Waals surface area contributed by atoms with Crippen molar-refractivity contribution in [2.75, 3.05) is 39.6 Å². The van der Waals surface area contributed by atoms with Crippen LogP contribution in [0.2, 0.25) is 0 Å². The third-order valence-corrected chi connectivity index (χ3v) is 21.5. The lowest BCUT2D eigenvalue weighted by Crippen LogP contribution is -2.30. The Labute approximate surface area is 613 Å². The fourth-order valence-electron chi connectivity index (χ4n) is 12.4. The van der Waals surface area contributed by atoms with Crippen LogP contribution in [0.4, 0.5) is 0 Å². The summed E-state index contributed by atoms with van der Waals surface area (Å²) >= 11 is 0. The first-order valence-electron chi connectivity index (χ1n) is 41.9. The van der Waals surface area contributed by atoms with E-state index in [1.165, 1.54) is 225 Å². The maximum atomic E-state index is 13.1. The summed E-state index contributed by atoms with van der Waals surface area (Å²) < 4.78 is 68.7. The predicted molar refractivity (Wildman–Crippen MR) is 409 cm³/mol. The van der Waals surface area contributed by atoms with Gasteiger partial charge in [0.2, 0.25) is 0 Å². The van der Waals surface area contributed by atoms with Gasteiger partial charge in [-0.15, -0.1) is 0 Å². The van der Waals surface area contributed by atoms with Crippen LogP contribution in [0.1, 0.15) is 421 Å². The van der Waals surface area contributed by atoms with E-state index in [4.69, 9.17) is 37.0 Å². The quantitative estimate of drug-likeness (QED) is 0.0222. The van der Waals surface area contributed by atoms with E-state index in [2.05, 4.69) is 48.5 Å². The van der Waals surface area contributed by atoms with E-state index in [-0.39, 0.29) is 25.7 Å². The third kappa shape index (κ3) is 71.7. The molecule has 0 aromatic heterocycles. The Bertz CT molecular complexity index is 1940. The standard InChI is InChI=1S/C81H158O17P2/c1-8-11-12-13-14-15-16-17-24-30-35-42-50-57-64-81(86)98-77(69-92-79(84)63-56-49-44-37-38-45-52-59-72(4)5)71-96-100(89,90)94-67-75(82)66-93-99(87,88)95-70-76(97-80(85)65-58-51-43-36-31-26-21-19-23-28-33-40-47-54-61-74(7)10-3)68-91-78(83)62-55-48-41-34-29-25-20-18-22-27-32-39-46-53-60-73(6)9-2/h72-77,82H,8-71H2,1-7H3,(H,87,88)(H,89,90)/t73?,74?,75-,76-,77-/m1/s1. The molecule has 0 amide bonds. The monoisotopic (exact) mass is 1470 g/mol. The van der Waals surface area contributed by atoms with Gasteiger partial charge in [-0.05, 0) is 43.4 Å². The second kappa shape index (κ2) is 71.3. The van der Waals surface area contributed by atoms with Crippen LogP contribution in [-0.4, -0.2) is 96.7 Å². The van der Waals surface area contributed by atoms with E-state index in [1.54, 1.807) is 0 Å². The van der Waals surface area contributed by atoms with Crippen LogP contribution in [0.3, 0.4) is 0 Å². The summed E-state index contributed by atoms with van der Waals surface area (Å²) in [5.74, 6) is 0.291. The maximum absolute atomic E-state index is 13.1. The third-order valence-electron chi connectivity index (χ3n) is 19.6. The fourth-order valence-corrected chi connectivity index (χ4v) is 14.0. The van der Waals surface area contributed by atoms with Gasteiger partial charge in [0.25, 0.3) is 0 Å². The van der Waals surface area contributed by atoms with Crippen molar-refractivity contribution in [3.63, 3.8) is 0 Å². The van der Waals surface area contributed by atoms with Gasteiger partial charge in [-0.3, -0.25) is 37.3 Å². The summed E-state index contributed by atoms with van der Waals surface area (Å²) in [6.45, 7) is 12.0. The van der Waals surface area contributed by atoms with E-state index >= 15 is 0 Å². The van der Waals surface area contributed by atoms with E-state index in [1.807, 2.05) is 0 Å². The van der Waals surface area contributed by atoms with E-state index in [0.717, 1.165) is 108 Å². The number of ether oxygens (including phenoxy) is 4. The normalized spacial score (nSPS) is 14.5. The van der Waals surface area contributed by atoms with E-state index < -0.39 is 97.5 Å². The number of carbonyl (C=O) groups is 4. The summed E-state index contributed by atoms with van der Waals surface area (Å²) in [4.78, 5) is 73.0. The number of aliphatic hydroxyl groups excluding tert-OH is 1. The highest BCUT2D eigenvalue weighted by molar-refractivity contribution is 7.47. The first kappa shape index (κ1) is 98.1. The number of aliphatic hydroxyl groups is 1. The minimum atomic E-state index is -4.96. The average molecular weight is 1470 g/mol. The Morgan fingerprint density at radius 2 is 0.510 bits per heavy atom. The molecule has 3 N–H and O–H groups in total. The van der Waals surface area contributed by atoms with Crippen LogP contribution >= 0.6 is 15.6 Å². The zero-order chi connectivity index (χ0) is 73.7. The van der Waals surface area contributed by atoms with Crippen molar-refractivity contribution in [1.82, 2.24) is 0 Å². The summed E-state index contributed by atoms with van der Waals surface area (Å²) in [5, 5.41) is 10.6. The molecule has 0 aliphatic rings. The number of esters is 4. The molecule has 0 saturated carbocycles. The first-order valence-corrected chi connectivity index (χ1v) is 44.9. The van der Waals surface area contributed by atoms with Crippen molar-refractivity contribution < 1.29 is 80.2 Å². The Balaban J connectivity index is 5.25. The lowest BCUT2D eigenvalue weighted by atomic mass is 9.99. The maximum Gasteiger partial charge on any atom is 0.472 e. The molecule has 4 unspecified atom stereocenters. The molecule has 0 heterocycles. The Hall–Kier alpha value is -1.94. The van der Waals surface area contributed by atoms with Gasteiger partial charge in [0, 0.05) is 25.7 Å². The van der Waals surface area contributed by atoms with Crippen LogP contribution in [0.5, 0.6) is 0 Å². The molecule has 17 nitrogen and oxygen atoms in total. The lowest BCUT2D eigenvalue weighted by Gasteiger charge is -2.21. The number of unbranched alkanes of at least 4 members (excludes halogenated alkanes) is 45. The van der Waals surface area contributed by atoms with Gasteiger partial charge < -0.3 is 33.8 Å². The number of phosphoric ester groups is 2. The number of hydrogen-bond acceptors (Lipinski definition) is 15. The minimum absolute atomic E-state index is 0.107. The zero-order valence-electron chi connectivity index (χ0n) is 65.7. The van der Waals surface area contributed by atoms with Crippen LogP contribution in [0.15, 0.2) is 0 Å². The Morgan fingerprint density at radius 3 is 0.760 bits per heavy atom. The number of carbonyl (C=O) groups excluding carboxylic acids is 4. The molecule has 7 atom stereocenters. The van der Waals surface area contributed by atoms with Gasteiger partial charge in [-0.25, -0.2) is 9.13 Å². The first-order chi connectivity index (χ1) is 48.3. The van der Waals surface area contributed by atoms with Crippen molar-refractivity contribution in [2.45, 2.75) is 439 Å². The molecular formula is C81H158O17P2. The molecule has 19 heteroatoms. The van der Waals surface area contributed by atoms with Crippen LogP contribution < -0.4 is 0 Å². The highest BCUT2D eigenvalue weighted by Crippen LogP contribution is 2.45. The highest BCUT2D eigenvalue weighted by Gasteiger charge is 2.30. The molecule has 0 aromatic rings. The molecule has 0 radical (unpaired) electrons. The fraction of sp³-hybridized carbons (Fsp3) is 0.951. The Kier molecular flexibility index (Phi) is 69.9. The van der Waals surface area contributed by atoms with Gasteiger partial charge in [-0.1, -0.05) is 370 Å². The van der Waals surface area contributed by atoms with E-state index in [9.17, 15) is 43.2 Å². The number of rotatable bonds is 79. The topological polar surface area (TPSA) is 237 Å². The minimum Gasteiger partial charge on any atom is -0.462 e. The molecule has 0 fully saturated rings. The summed E-state index contributed by atoms with van der Waals surface area (Å²) in [6, 6.07) is 0. The average Bonchev–Trinajstić information content (AvgIpc) is 0.913. The summed E-state index contributed by atoms with van der Waals surface area (Å²) in [7, 11) is -9.92. The second-order valence-electron chi connectivity index (χ2n) is 30.1. The SMILES string of the molecule is CCCCCCCCCCCCCCCCC(=O)O[C@H](COC(=O)CCCCCCCCCC(C)C)COP(=O)(O)OC[C@H](O)COP(=O)(O)OC[C@@H](COC(=O)CCCCCCCCCCCCCCCCC(C)CC)OC(=O)CCCCCCCCCCCCCCCCC(C)CC. The highest BCUT2D eigenvalue weighted by atomic mass is 31.2. The van der Waals surface area contributed by atoms with Gasteiger partial charge in [0.05, 0.1) is 26.4 Å². The summed E-state index contributed by atoms with van der Waals surface area (Å²) in [6.07, 6.45) is 59.5. The van der Waals surface area contributed by atoms with Crippen molar-refractivity contribution in [3.05, 3.63) is 0 Å². The molecule has 0 aromatic carbocycles. The van der Waals surface area contributed by atoms with Gasteiger partial charge in [0.1, 0.15) is 19.3 Å². The van der Waals surface area contributed by atoms with Gasteiger partial charge in [0.15, 0.2) is 12.2 Å². The van der Waals surface area contributed by atoms with Gasteiger partial charge >= 0.3 is 39.5 Å². The van der Waals surface area contributed by atoms with Crippen LogP contribution in [0, 0.1) is 17.8 Å². The van der Waals surface area contributed by atoms with Crippen molar-refractivity contribution >= 4 is 39.5 Å². The zero-order valence-corrected chi connectivity index (χ0v) is 67.5. The second-order valence-corrected chi connectivity index (χ2v) is 33.0. The molecule has 0 spiro atoms. The predicted octanol–water partition coefficient (Wildman–Crippen LogP) is 24.1. The smallest absolute Gasteiger partial charge is 0.462 e. The van der Waals surface area contributed by atoms with E-state index in [0.29, 0.717) is 31.6 Å². The number of hydrogen-bond donors (Lipinski definition) is 3. The molecule has 100 heavy (non-hydrogen) atoms. The summed E-state index contributed by atoms with van der Waals surface area (Å²) in [5.41, 5.74) is 0. The number of phosphoric acid groups is 2. The van der Waals surface area contributed by atoms with Crippen LogP contribution in [0.25, 0.3) is 0 Å². The van der Waals surface area contributed by atoms with Crippen molar-refractivity contribution in [3.8, 4) is 0 Å². The van der Waals surface area contributed by atoms with Crippen molar-refractivity contribution in [1.29, 1.82) is 0 Å². The molecule has 0 bridgehead atoms. The molecule has 0 rings (SSSR count).